The number of rotatable bonds is 6. The Hall–Kier alpha value is -1.59. The third-order valence-corrected chi connectivity index (χ3v) is 4.76. The van der Waals surface area contributed by atoms with Crippen LogP contribution < -0.4 is 4.90 Å². The van der Waals surface area contributed by atoms with Gasteiger partial charge in [-0.3, -0.25) is 10.1 Å². The monoisotopic (exact) mass is 322 g/mol. The van der Waals surface area contributed by atoms with Crippen molar-refractivity contribution < 1.29 is 4.92 Å². The first kappa shape index (κ1) is 14.4. The quantitative estimate of drug-likeness (QED) is 0.445. The molecule has 0 N–H and O–H groups in total. The van der Waals surface area contributed by atoms with Gasteiger partial charge in [-0.1, -0.05) is 12.1 Å². The smallest absolute Gasteiger partial charge is 0.292 e. The molecule has 1 aliphatic rings. The van der Waals surface area contributed by atoms with Crippen molar-refractivity contribution in [1.82, 2.24) is 0 Å². The van der Waals surface area contributed by atoms with Crippen LogP contribution in [0, 0.1) is 10.1 Å². The van der Waals surface area contributed by atoms with Crippen LogP contribution in [-0.4, -0.2) is 11.0 Å². The maximum Gasteiger partial charge on any atom is 0.292 e. The predicted molar refractivity (Wildman–Crippen MR) is 86.2 cm³/mol. The highest BCUT2D eigenvalue weighted by Crippen LogP contribution is 2.39. The third kappa shape index (κ3) is 3.19. The minimum absolute atomic E-state index is 0.150. The van der Waals surface area contributed by atoms with E-state index >= 15 is 0 Å². The second-order valence-corrected chi connectivity index (χ2v) is 6.45. The molecule has 6 heteroatoms. The number of halogens is 1. The van der Waals surface area contributed by atoms with Crippen LogP contribution in [0.15, 0.2) is 35.7 Å². The van der Waals surface area contributed by atoms with Crippen LogP contribution in [0.1, 0.15) is 23.3 Å². The number of hydrogen-bond acceptors (Lipinski definition) is 4. The van der Waals surface area contributed by atoms with Gasteiger partial charge >= 0.3 is 0 Å². The zero-order valence-electron chi connectivity index (χ0n) is 11.4. The number of alkyl halides is 1. The van der Waals surface area contributed by atoms with Crippen molar-refractivity contribution in [2.45, 2.75) is 31.3 Å². The number of nitro benzene ring substituents is 1. The molecule has 1 saturated carbocycles. The van der Waals surface area contributed by atoms with Crippen molar-refractivity contribution in [2.24, 2.45) is 0 Å². The first-order valence-electron chi connectivity index (χ1n) is 6.81. The molecule has 4 nitrogen and oxygen atoms in total. The average molecular weight is 323 g/mol. The van der Waals surface area contributed by atoms with E-state index in [1.165, 1.54) is 4.88 Å². The predicted octanol–water partition coefficient (Wildman–Crippen LogP) is 4.56. The van der Waals surface area contributed by atoms with Gasteiger partial charge in [0.15, 0.2) is 0 Å². The second kappa shape index (κ2) is 6.03. The topological polar surface area (TPSA) is 46.4 Å². The molecule has 0 radical (unpaired) electrons. The van der Waals surface area contributed by atoms with E-state index in [0.717, 1.165) is 24.9 Å². The minimum atomic E-state index is -0.310. The molecule has 0 spiro atoms. The van der Waals surface area contributed by atoms with Gasteiger partial charge in [0.2, 0.25) is 0 Å². The first-order chi connectivity index (χ1) is 10.2. The maximum absolute atomic E-state index is 11.4. The summed E-state index contributed by atoms with van der Waals surface area (Å²) in [5.74, 6) is 0.287. The summed E-state index contributed by atoms with van der Waals surface area (Å²) < 4.78 is 0. The lowest BCUT2D eigenvalue weighted by atomic mass is 10.1. The van der Waals surface area contributed by atoms with Gasteiger partial charge in [0.1, 0.15) is 5.69 Å². The van der Waals surface area contributed by atoms with Crippen molar-refractivity contribution in [3.63, 3.8) is 0 Å². The highest BCUT2D eigenvalue weighted by atomic mass is 35.5. The van der Waals surface area contributed by atoms with Crippen molar-refractivity contribution in [3.05, 3.63) is 56.3 Å². The maximum atomic E-state index is 11.4. The van der Waals surface area contributed by atoms with Crippen LogP contribution in [0.3, 0.4) is 0 Å². The van der Waals surface area contributed by atoms with Crippen molar-refractivity contribution >= 4 is 34.3 Å². The molecular formula is C15H15ClN2O2S. The van der Waals surface area contributed by atoms with E-state index in [0.29, 0.717) is 11.7 Å². The summed E-state index contributed by atoms with van der Waals surface area (Å²) in [5, 5.41) is 13.4. The van der Waals surface area contributed by atoms with E-state index in [-0.39, 0.29) is 16.5 Å². The molecule has 1 fully saturated rings. The Morgan fingerprint density at radius 2 is 2.19 bits per heavy atom. The van der Waals surface area contributed by atoms with Gasteiger partial charge < -0.3 is 4.90 Å². The fourth-order valence-corrected chi connectivity index (χ4v) is 3.28. The lowest BCUT2D eigenvalue weighted by molar-refractivity contribution is -0.384. The number of thiophene rings is 1. The van der Waals surface area contributed by atoms with Crippen LogP contribution in [0.25, 0.3) is 0 Å². The molecule has 0 atom stereocenters. The minimum Gasteiger partial charge on any atom is -0.358 e. The molecule has 0 aliphatic heterocycles. The Morgan fingerprint density at radius 1 is 1.38 bits per heavy atom. The molecule has 3 rings (SSSR count). The lowest BCUT2D eigenvalue weighted by Crippen LogP contribution is -2.25. The molecule has 21 heavy (non-hydrogen) atoms. The summed E-state index contributed by atoms with van der Waals surface area (Å²) >= 11 is 7.47. The van der Waals surface area contributed by atoms with Crippen LogP contribution in [0.5, 0.6) is 0 Å². The molecule has 1 aliphatic carbocycles. The Labute approximate surface area is 132 Å². The first-order valence-corrected chi connectivity index (χ1v) is 8.23. The summed E-state index contributed by atoms with van der Waals surface area (Å²) in [6.45, 7) is 0.726. The van der Waals surface area contributed by atoms with E-state index in [1.807, 2.05) is 23.6 Å². The van der Waals surface area contributed by atoms with Gasteiger partial charge in [-0.25, -0.2) is 0 Å². The summed E-state index contributed by atoms with van der Waals surface area (Å²) in [6, 6.07) is 9.79. The number of nitrogens with zero attached hydrogens (tertiary/aromatic N) is 2. The second-order valence-electron chi connectivity index (χ2n) is 5.15. The van der Waals surface area contributed by atoms with Gasteiger partial charge in [0, 0.05) is 22.9 Å². The van der Waals surface area contributed by atoms with Crippen LogP contribution in [0.2, 0.25) is 0 Å². The van der Waals surface area contributed by atoms with E-state index in [9.17, 15) is 10.1 Å². The van der Waals surface area contributed by atoms with E-state index in [4.69, 9.17) is 11.6 Å². The number of nitro groups is 1. The summed E-state index contributed by atoms with van der Waals surface area (Å²) in [4.78, 5) is 14.4. The van der Waals surface area contributed by atoms with Crippen LogP contribution >= 0.6 is 22.9 Å². The average Bonchev–Trinajstić information content (AvgIpc) is 3.21. The molecule has 0 saturated heterocycles. The molecule has 1 heterocycles. The Kier molecular flexibility index (Phi) is 4.12. The van der Waals surface area contributed by atoms with Gasteiger partial charge in [0.25, 0.3) is 5.69 Å². The Balaban J connectivity index is 1.96. The molecule has 1 aromatic heterocycles. The molecule has 0 bridgehead atoms. The van der Waals surface area contributed by atoms with E-state index in [2.05, 4.69) is 11.0 Å². The summed E-state index contributed by atoms with van der Waals surface area (Å²) in [6.07, 6.45) is 2.19. The zero-order chi connectivity index (χ0) is 14.8. The van der Waals surface area contributed by atoms with Gasteiger partial charge in [-0.15, -0.1) is 22.9 Å². The van der Waals surface area contributed by atoms with Crippen molar-refractivity contribution in [1.29, 1.82) is 0 Å². The fraction of sp³-hybridized carbons (Fsp3) is 0.333. The van der Waals surface area contributed by atoms with Crippen LogP contribution in [-0.2, 0) is 12.4 Å². The molecular weight excluding hydrogens is 308 g/mol. The summed E-state index contributed by atoms with van der Waals surface area (Å²) in [7, 11) is 0. The number of hydrogen-bond donors (Lipinski definition) is 0. The Morgan fingerprint density at radius 3 is 2.76 bits per heavy atom. The van der Waals surface area contributed by atoms with Gasteiger partial charge in [-0.05, 0) is 35.9 Å². The highest BCUT2D eigenvalue weighted by Gasteiger charge is 2.33. The number of anilines is 1. The standard InChI is InChI=1S/C15H15ClN2O2S/c16-9-11-3-6-14(15(8-11)18(19)20)17(12-4-5-12)10-13-2-1-7-21-13/h1-3,6-8,12H,4-5,9-10H2. The fourth-order valence-electron chi connectivity index (χ4n) is 2.41. The molecule has 110 valence electrons. The van der Waals surface area contributed by atoms with Crippen molar-refractivity contribution in [2.75, 3.05) is 4.90 Å². The summed E-state index contributed by atoms with van der Waals surface area (Å²) in [5.41, 5.74) is 1.63. The van der Waals surface area contributed by atoms with Gasteiger partial charge in [0.05, 0.1) is 11.5 Å². The molecule has 1 aromatic carbocycles. The third-order valence-electron chi connectivity index (χ3n) is 3.59. The highest BCUT2D eigenvalue weighted by molar-refractivity contribution is 7.09. The van der Waals surface area contributed by atoms with E-state index < -0.39 is 0 Å². The van der Waals surface area contributed by atoms with Gasteiger partial charge in [-0.2, -0.15) is 0 Å². The lowest BCUT2D eigenvalue weighted by Gasteiger charge is -2.24. The number of benzene rings is 1. The largest absolute Gasteiger partial charge is 0.358 e. The normalized spacial score (nSPS) is 14.1. The molecule has 0 amide bonds. The molecule has 0 unspecified atom stereocenters. The Bertz CT molecular complexity index is 641. The zero-order valence-corrected chi connectivity index (χ0v) is 12.9. The SMILES string of the molecule is O=[N+]([O-])c1cc(CCl)ccc1N(Cc1cccs1)C1CC1. The van der Waals surface area contributed by atoms with Crippen LogP contribution in [0.4, 0.5) is 11.4 Å². The van der Waals surface area contributed by atoms with Crippen molar-refractivity contribution in [3.8, 4) is 0 Å². The van der Waals surface area contributed by atoms with E-state index in [1.54, 1.807) is 17.4 Å². The molecule has 2 aromatic rings.